The van der Waals surface area contributed by atoms with Gasteiger partial charge in [0.05, 0.1) is 34.1 Å². The third kappa shape index (κ3) is 2.36. The molecule has 1 aliphatic heterocycles. The summed E-state index contributed by atoms with van der Waals surface area (Å²) in [7, 11) is 0. The molecule has 2 heterocycles. The van der Waals surface area contributed by atoms with E-state index in [1.165, 1.54) is 6.07 Å². The van der Waals surface area contributed by atoms with Crippen LogP contribution in [-0.2, 0) is 4.74 Å². The van der Waals surface area contributed by atoms with E-state index in [1.807, 2.05) is 6.92 Å². The largest absolute Gasteiger partial charge is 0.375 e. The summed E-state index contributed by atoms with van der Waals surface area (Å²) in [5.41, 5.74) is 0.874. The Hall–Kier alpha value is -2.41. The van der Waals surface area contributed by atoms with Crippen molar-refractivity contribution < 1.29 is 14.5 Å². The molecule has 1 aliphatic rings. The number of non-ortho nitro benzene ring substituents is 1. The number of H-pyrrole nitrogens is 1. The molecule has 21 heavy (non-hydrogen) atoms. The van der Waals surface area contributed by atoms with Gasteiger partial charge in [0.15, 0.2) is 0 Å². The van der Waals surface area contributed by atoms with E-state index in [0.717, 1.165) is 0 Å². The zero-order valence-electron chi connectivity index (χ0n) is 11.5. The van der Waals surface area contributed by atoms with Gasteiger partial charge < -0.3 is 14.6 Å². The number of morpholine rings is 1. The number of nitro groups is 1. The van der Waals surface area contributed by atoms with Gasteiger partial charge in [-0.3, -0.25) is 14.9 Å². The summed E-state index contributed by atoms with van der Waals surface area (Å²) in [6.07, 6.45) is 1.52. The smallest absolute Gasteiger partial charge is 0.279 e. The van der Waals surface area contributed by atoms with Gasteiger partial charge in [-0.1, -0.05) is 6.07 Å². The van der Waals surface area contributed by atoms with E-state index in [4.69, 9.17) is 4.74 Å². The maximum absolute atomic E-state index is 12.6. The lowest BCUT2D eigenvalue weighted by Gasteiger charge is -2.31. The van der Waals surface area contributed by atoms with Gasteiger partial charge in [-0.25, -0.2) is 0 Å². The Labute approximate surface area is 120 Å². The molecule has 1 saturated heterocycles. The topological polar surface area (TPSA) is 88.5 Å². The fraction of sp³-hybridized carbons (Fsp3) is 0.357. The number of hydrogen-bond acceptors (Lipinski definition) is 4. The highest BCUT2D eigenvalue weighted by atomic mass is 16.6. The van der Waals surface area contributed by atoms with Crippen LogP contribution < -0.4 is 0 Å². The fourth-order valence-electron chi connectivity index (χ4n) is 2.66. The van der Waals surface area contributed by atoms with Crippen LogP contribution in [0.5, 0.6) is 0 Å². The molecule has 7 heteroatoms. The summed E-state index contributed by atoms with van der Waals surface area (Å²) < 4.78 is 5.42. The van der Waals surface area contributed by atoms with Gasteiger partial charge in [-0.2, -0.15) is 0 Å². The van der Waals surface area contributed by atoms with Gasteiger partial charge in [0.1, 0.15) is 0 Å². The van der Waals surface area contributed by atoms with E-state index in [0.29, 0.717) is 36.2 Å². The van der Waals surface area contributed by atoms with Crippen molar-refractivity contribution in [1.29, 1.82) is 0 Å². The third-order valence-electron chi connectivity index (χ3n) is 3.64. The van der Waals surface area contributed by atoms with Crippen molar-refractivity contribution in [2.24, 2.45) is 0 Å². The molecule has 0 spiro atoms. The number of benzene rings is 1. The molecular weight excluding hydrogens is 274 g/mol. The molecule has 1 fully saturated rings. The maximum Gasteiger partial charge on any atom is 0.279 e. The highest BCUT2D eigenvalue weighted by Gasteiger charge is 2.27. The second kappa shape index (κ2) is 5.17. The van der Waals surface area contributed by atoms with Gasteiger partial charge in [0, 0.05) is 25.4 Å². The summed E-state index contributed by atoms with van der Waals surface area (Å²) in [5, 5.41) is 11.5. The zero-order chi connectivity index (χ0) is 15.0. The van der Waals surface area contributed by atoms with Gasteiger partial charge in [-0.05, 0) is 13.0 Å². The summed E-state index contributed by atoms with van der Waals surface area (Å²) in [5.74, 6) is -0.203. The lowest BCUT2D eigenvalue weighted by molar-refractivity contribution is -0.383. The second-order valence-electron chi connectivity index (χ2n) is 5.09. The van der Waals surface area contributed by atoms with Gasteiger partial charge in [0.25, 0.3) is 11.6 Å². The molecule has 1 N–H and O–H groups in total. The van der Waals surface area contributed by atoms with Crippen molar-refractivity contribution in [2.45, 2.75) is 13.0 Å². The molecule has 0 bridgehead atoms. The Bertz CT molecular complexity index is 709. The van der Waals surface area contributed by atoms with E-state index in [-0.39, 0.29) is 17.7 Å². The Morgan fingerprint density at radius 3 is 3.05 bits per heavy atom. The Balaban J connectivity index is 2.04. The molecule has 2 aromatic rings. The van der Waals surface area contributed by atoms with E-state index < -0.39 is 4.92 Å². The van der Waals surface area contributed by atoms with Crippen LogP contribution in [0, 0.1) is 10.1 Å². The number of rotatable bonds is 2. The van der Waals surface area contributed by atoms with Crippen LogP contribution in [0.4, 0.5) is 5.69 Å². The predicted molar refractivity (Wildman–Crippen MR) is 76.3 cm³/mol. The molecule has 110 valence electrons. The molecule has 3 rings (SSSR count). The number of carbonyl (C=O) groups is 1. The first-order chi connectivity index (χ1) is 10.1. The van der Waals surface area contributed by atoms with Crippen molar-refractivity contribution in [3.8, 4) is 0 Å². The van der Waals surface area contributed by atoms with Crippen LogP contribution in [0.25, 0.3) is 10.9 Å². The molecule has 1 aromatic heterocycles. The normalized spacial score (nSPS) is 18.9. The first-order valence-electron chi connectivity index (χ1n) is 6.73. The van der Waals surface area contributed by atoms with Crippen LogP contribution in [0.1, 0.15) is 17.3 Å². The number of hydrogen-bond donors (Lipinski definition) is 1. The molecule has 0 unspecified atom stereocenters. The zero-order valence-corrected chi connectivity index (χ0v) is 11.5. The Kier molecular flexibility index (Phi) is 3.34. The monoisotopic (exact) mass is 289 g/mol. The minimum atomic E-state index is -0.463. The molecule has 1 amide bonds. The number of fused-ring (bicyclic) bond motifs is 1. The SMILES string of the molecule is C[C@H]1CN(C(=O)c2c[nH]c3cccc([N+](=O)[O-])c23)CCO1. The summed E-state index contributed by atoms with van der Waals surface area (Å²) >= 11 is 0. The highest BCUT2D eigenvalue weighted by Crippen LogP contribution is 2.29. The summed E-state index contributed by atoms with van der Waals surface area (Å²) in [6.45, 7) is 3.37. The maximum atomic E-state index is 12.6. The lowest BCUT2D eigenvalue weighted by Crippen LogP contribution is -2.44. The first kappa shape index (κ1) is 13.6. The minimum absolute atomic E-state index is 0.0251. The third-order valence-corrected chi connectivity index (χ3v) is 3.64. The first-order valence-corrected chi connectivity index (χ1v) is 6.73. The van der Waals surface area contributed by atoms with E-state index >= 15 is 0 Å². The molecule has 0 aliphatic carbocycles. The minimum Gasteiger partial charge on any atom is -0.375 e. The average Bonchev–Trinajstić information content (AvgIpc) is 2.90. The summed E-state index contributed by atoms with van der Waals surface area (Å²) in [4.78, 5) is 27.9. The van der Waals surface area contributed by atoms with Crippen molar-refractivity contribution in [3.05, 3.63) is 40.1 Å². The number of ether oxygens (including phenoxy) is 1. The molecular formula is C14H15N3O4. The fourth-order valence-corrected chi connectivity index (χ4v) is 2.66. The molecule has 1 atom stereocenters. The highest BCUT2D eigenvalue weighted by molar-refractivity contribution is 6.10. The molecule has 0 saturated carbocycles. The van der Waals surface area contributed by atoms with Crippen LogP contribution in [0.2, 0.25) is 0 Å². The predicted octanol–water partition coefficient (Wildman–Crippen LogP) is 1.94. The number of amides is 1. The van der Waals surface area contributed by atoms with Gasteiger partial charge in [0.2, 0.25) is 0 Å². The summed E-state index contributed by atoms with van der Waals surface area (Å²) in [6, 6.07) is 4.73. The number of carbonyl (C=O) groups excluding carboxylic acids is 1. The number of aromatic amines is 1. The Morgan fingerprint density at radius 2 is 2.33 bits per heavy atom. The van der Waals surface area contributed by atoms with E-state index in [9.17, 15) is 14.9 Å². The van der Waals surface area contributed by atoms with Crippen molar-refractivity contribution >= 4 is 22.5 Å². The van der Waals surface area contributed by atoms with Crippen LogP contribution in [0.15, 0.2) is 24.4 Å². The standard InChI is InChI=1S/C14H15N3O4/c1-9-8-16(5-6-21-9)14(18)10-7-15-11-3-2-4-12(13(10)11)17(19)20/h2-4,7,9,15H,5-6,8H2,1H3/t9-/m0/s1. The van der Waals surface area contributed by atoms with Gasteiger partial charge >= 0.3 is 0 Å². The number of nitrogens with one attached hydrogen (secondary N) is 1. The van der Waals surface area contributed by atoms with Gasteiger partial charge in [-0.15, -0.1) is 0 Å². The van der Waals surface area contributed by atoms with Crippen LogP contribution >= 0.6 is 0 Å². The van der Waals surface area contributed by atoms with Crippen molar-refractivity contribution in [1.82, 2.24) is 9.88 Å². The number of nitrogens with zero attached hydrogens (tertiary/aromatic N) is 2. The lowest BCUT2D eigenvalue weighted by atomic mass is 10.1. The number of nitro benzene ring substituents is 1. The van der Waals surface area contributed by atoms with Crippen LogP contribution in [-0.4, -0.2) is 46.5 Å². The van der Waals surface area contributed by atoms with E-state index in [2.05, 4.69) is 4.98 Å². The quantitative estimate of drug-likeness (QED) is 0.676. The molecule has 1 aromatic carbocycles. The van der Waals surface area contributed by atoms with Crippen LogP contribution in [0.3, 0.4) is 0 Å². The average molecular weight is 289 g/mol. The second-order valence-corrected chi connectivity index (χ2v) is 5.09. The van der Waals surface area contributed by atoms with E-state index in [1.54, 1.807) is 23.2 Å². The molecule has 7 nitrogen and oxygen atoms in total. The molecule has 0 radical (unpaired) electrons. The van der Waals surface area contributed by atoms with Crippen molar-refractivity contribution in [2.75, 3.05) is 19.7 Å². The Morgan fingerprint density at radius 1 is 1.52 bits per heavy atom. The number of aromatic nitrogens is 1. The van der Waals surface area contributed by atoms with Crippen molar-refractivity contribution in [3.63, 3.8) is 0 Å².